The van der Waals surface area contributed by atoms with E-state index in [2.05, 4.69) is 34.5 Å². The largest absolute Gasteiger partial charge is 0.354 e. The number of hydrogen-bond donors (Lipinski definition) is 1. The summed E-state index contributed by atoms with van der Waals surface area (Å²) in [4.78, 5) is 33.3. The number of hydrogen-bond acceptors (Lipinski definition) is 5. The maximum atomic E-state index is 13.8. The second kappa shape index (κ2) is 10.6. The summed E-state index contributed by atoms with van der Waals surface area (Å²) in [5.74, 6) is 0.188. The Balaban J connectivity index is 1.65. The monoisotopic (exact) mass is 448 g/mol. The topological polar surface area (TPSA) is 93.0 Å². The molecule has 1 aliphatic carbocycles. The summed E-state index contributed by atoms with van der Waals surface area (Å²) in [6, 6.07) is 10.5. The molecule has 1 fully saturated rings. The minimum atomic E-state index is -0.726. The number of pyridine rings is 1. The van der Waals surface area contributed by atoms with Crippen LogP contribution in [0.3, 0.4) is 0 Å². The van der Waals surface area contributed by atoms with Gasteiger partial charge in [-0.2, -0.15) is 0 Å². The highest BCUT2D eigenvalue weighted by atomic mass is 16.2. The molecular weight excluding hydrogens is 416 g/mol. The van der Waals surface area contributed by atoms with Crippen LogP contribution in [0.25, 0.3) is 11.0 Å². The van der Waals surface area contributed by atoms with E-state index in [4.69, 9.17) is 0 Å². The summed E-state index contributed by atoms with van der Waals surface area (Å²) < 4.78 is 1.62. The summed E-state index contributed by atoms with van der Waals surface area (Å²) >= 11 is 0. The molecule has 0 saturated heterocycles. The summed E-state index contributed by atoms with van der Waals surface area (Å²) in [6.07, 6.45) is 8.13. The van der Waals surface area contributed by atoms with Crippen LogP contribution in [0.5, 0.6) is 0 Å². The zero-order chi connectivity index (χ0) is 23.2. The molecule has 8 nitrogen and oxygen atoms in total. The molecule has 0 aliphatic heterocycles. The normalized spacial score (nSPS) is 15.1. The Labute approximate surface area is 194 Å². The van der Waals surface area contributed by atoms with E-state index in [1.54, 1.807) is 22.0 Å². The van der Waals surface area contributed by atoms with Gasteiger partial charge in [-0.3, -0.25) is 14.6 Å². The second-order valence-corrected chi connectivity index (χ2v) is 9.14. The van der Waals surface area contributed by atoms with Crippen LogP contribution in [0.2, 0.25) is 0 Å². The van der Waals surface area contributed by atoms with Crippen molar-refractivity contribution in [3.63, 3.8) is 0 Å². The van der Waals surface area contributed by atoms with Crippen LogP contribution in [-0.4, -0.2) is 49.3 Å². The predicted molar refractivity (Wildman–Crippen MR) is 126 cm³/mol. The number of benzene rings is 1. The Kier molecular flexibility index (Phi) is 7.32. The Morgan fingerprint density at radius 3 is 2.67 bits per heavy atom. The molecule has 0 unspecified atom stereocenters. The van der Waals surface area contributed by atoms with Gasteiger partial charge in [0.1, 0.15) is 18.1 Å². The molecule has 2 amide bonds. The van der Waals surface area contributed by atoms with Crippen LogP contribution in [-0.2, 0) is 16.1 Å². The first kappa shape index (κ1) is 22.9. The van der Waals surface area contributed by atoms with Gasteiger partial charge in [0.2, 0.25) is 11.8 Å². The number of para-hydroxylation sites is 1. The van der Waals surface area contributed by atoms with Crippen LogP contribution in [0, 0.1) is 5.92 Å². The van der Waals surface area contributed by atoms with E-state index in [0.717, 1.165) is 48.7 Å². The minimum Gasteiger partial charge on any atom is -0.354 e. The van der Waals surface area contributed by atoms with Gasteiger partial charge in [0, 0.05) is 30.5 Å². The van der Waals surface area contributed by atoms with Crippen molar-refractivity contribution in [2.75, 3.05) is 6.54 Å². The zero-order valence-corrected chi connectivity index (χ0v) is 19.4. The van der Waals surface area contributed by atoms with Crippen molar-refractivity contribution < 1.29 is 9.59 Å². The molecule has 0 radical (unpaired) electrons. The van der Waals surface area contributed by atoms with Gasteiger partial charge >= 0.3 is 0 Å². The molecule has 1 aliphatic rings. The molecule has 1 N–H and O–H groups in total. The molecule has 3 aromatic rings. The Morgan fingerprint density at radius 1 is 1.15 bits per heavy atom. The molecule has 8 heteroatoms. The fourth-order valence-corrected chi connectivity index (χ4v) is 4.54. The fourth-order valence-electron chi connectivity index (χ4n) is 4.54. The van der Waals surface area contributed by atoms with E-state index in [9.17, 15) is 9.59 Å². The lowest BCUT2D eigenvalue weighted by Crippen LogP contribution is -2.49. The van der Waals surface area contributed by atoms with Crippen molar-refractivity contribution >= 4 is 22.8 Å². The quantitative estimate of drug-likeness (QED) is 0.541. The van der Waals surface area contributed by atoms with Crippen molar-refractivity contribution in [3.8, 4) is 0 Å². The van der Waals surface area contributed by atoms with Gasteiger partial charge in [-0.05, 0) is 43.4 Å². The van der Waals surface area contributed by atoms with Gasteiger partial charge in [-0.1, -0.05) is 50.1 Å². The second-order valence-electron chi connectivity index (χ2n) is 9.14. The third kappa shape index (κ3) is 5.38. The number of amides is 2. The fraction of sp³-hybridized carbons (Fsp3) is 0.480. The maximum Gasteiger partial charge on any atom is 0.247 e. The average Bonchev–Trinajstić information content (AvgIpc) is 3.48. The van der Waals surface area contributed by atoms with Gasteiger partial charge in [-0.15, -0.1) is 5.10 Å². The number of carbonyl (C=O) groups is 2. The molecule has 2 heterocycles. The van der Waals surface area contributed by atoms with Crippen LogP contribution < -0.4 is 5.32 Å². The maximum absolute atomic E-state index is 13.8. The van der Waals surface area contributed by atoms with Crippen LogP contribution in [0.4, 0.5) is 0 Å². The first-order valence-electron chi connectivity index (χ1n) is 11.8. The molecule has 174 valence electrons. The van der Waals surface area contributed by atoms with Crippen LogP contribution in [0.1, 0.15) is 57.6 Å². The Hall–Kier alpha value is -3.29. The van der Waals surface area contributed by atoms with Crippen molar-refractivity contribution in [2.24, 2.45) is 5.92 Å². The molecule has 0 bridgehead atoms. The summed E-state index contributed by atoms with van der Waals surface area (Å²) in [5.41, 5.74) is 2.27. The molecule has 0 spiro atoms. The van der Waals surface area contributed by atoms with Crippen molar-refractivity contribution in [2.45, 2.75) is 64.6 Å². The summed E-state index contributed by atoms with van der Waals surface area (Å²) in [5, 5.41) is 11.4. The van der Waals surface area contributed by atoms with E-state index in [0.29, 0.717) is 12.5 Å². The van der Waals surface area contributed by atoms with E-state index in [1.807, 2.05) is 36.4 Å². The van der Waals surface area contributed by atoms with E-state index in [-0.39, 0.29) is 24.4 Å². The zero-order valence-electron chi connectivity index (χ0n) is 19.4. The third-order valence-corrected chi connectivity index (χ3v) is 6.26. The minimum absolute atomic E-state index is 0.00772. The van der Waals surface area contributed by atoms with E-state index in [1.165, 1.54) is 0 Å². The summed E-state index contributed by atoms with van der Waals surface area (Å²) in [7, 11) is 0. The van der Waals surface area contributed by atoms with Crippen LogP contribution >= 0.6 is 0 Å². The molecule has 1 aromatic carbocycles. The number of nitrogens with zero attached hydrogens (tertiary/aromatic N) is 5. The average molecular weight is 449 g/mol. The first-order valence-corrected chi connectivity index (χ1v) is 11.8. The van der Waals surface area contributed by atoms with E-state index < -0.39 is 6.04 Å². The Morgan fingerprint density at radius 2 is 1.94 bits per heavy atom. The molecular formula is C25H32N6O2. The Bertz CT molecular complexity index is 1070. The van der Waals surface area contributed by atoms with Crippen molar-refractivity contribution in [3.05, 3.63) is 54.4 Å². The lowest BCUT2D eigenvalue weighted by molar-refractivity contribution is -0.144. The first-order chi connectivity index (χ1) is 16.0. The van der Waals surface area contributed by atoms with Gasteiger partial charge in [0.05, 0.1) is 5.52 Å². The number of aromatic nitrogens is 4. The number of nitrogens with one attached hydrogen (secondary N) is 1. The highest BCUT2D eigenvalue weighted by molar-refractivity contribution is 5.89. The number of fused-ring (bicyclic) bond motifs is 1. The molecule has 33 heavy (non-hydrogen) atoms. The highest BCUT2D eigenvalue weighted by Gasteiger charge is 2.37. The van der Waals surface area contributed by atoms with Gasteiger partial charge in [-0.25, -0.2) is 4.68 Å². The van der Waals surface area contributed by atoms with Gasteiger partial charge in [0.15, 0.2) is 0 Å². The number of carbonyl (C=O) groups excluding carboxylic acids is 2. The highest BCUT2D eigenvalue weighted by Crippen LogP contribution is 2.32. The predicted octanol–water partition coefficient (Wildman–Crippen LogP) is 3.50. The van der Waals surface area contributed by atoms with Crippen molar-refractivity contribution in [1.29, 1.82) is 0 Å². The molecule has 2 aromatic heterocycles. The number of rotatable bonds is 9. The molecule has 1 saturated carbocycles. The third-order valence-electron chi connectivity index (χ3n) is 6.26. The van der Waals surface area contributed by atoms with Crippen molar-refractivity contribution in [1.82, 2.24) is 30.2 Å². The SMILES string of the molecule is CC(C)CCNC(=O)[C@@H](c1cccnc1)N(C(=O)Cn1nnc2ccccc21)C1CCCC1. The molecule has 4 rings (SSSR count). The van der Waals surface area contributed by atoms with Crippen LogP contribution in [0.15, 0.2) is 48.8 Å². The van der Waals surface area contributed by atoms with Gasteiger partial charge in [0.25, 0.3) is 0 Å². The lowest BCUT2D eigenvalue weighted by Gasteiger charge is -2.36. The standard InChI is InChI=1S/C25H32N6O2/c1-18(2)13-15-27-25(33)24(19-8-7-14-26-16-19)31(20-9-3-4-10-20)23(32)17-30-22-12-6-5-11-21(22)28-29-30/h5-8,11-12,14,16,18,20,24H,3-4,9-10,13,15,17H2,1-2H3,(H,27,33)/t24-/m1/s1. The molecule has 1 atom stereocenters. The van der Waals surface area contributed by atoms with E-state index >= 15 is 0 Å². The lowest BCUT2D eigenvalue weighted by atomic mass is 10.0. The smallest absolute Gasteiger partial charge is 0.247 e. The van der Waals surface area contributed by atoms with Gasteiger partial charge < -0.3 is 10.2 Å². The summed E-state index contributed by atoms with van der Waals surface area (Å²) in [6.45, 7) is 4.86.